The summed E-state index contributed by atoms with van der Waals surface area (Å²) in [7, 11) is 0. The van der Waals surface area contributed by atoms with Crippen LogP contribution in [0.3, 0.4) is 0 Å². The molecule has 0 spiro atoms. The molecule has 2 nitrogen and oxygen atoms in total. The molecule has 1 heterocycles. The fraction of sp³-hybridized carbons (Fsp3) is 0.286. The summed E-state index contributed by atoms with van der Waals surface area (Å²) in [5.74, 6) is 0.873. The summed E-state index contributed by atoms with van der Waals surface area (Å²) in [6.07, 6.45) is 0. The fourth-order valence-corrected chi connectivity index (χ4v) is 3.37. The zero-order valence-corrected chi connectivity index (χ0v) is 12.8. The maximum absolute atomic E-state index is 6.30. The maximum atomic E-state index is 6.30. The van der Waals surface area contributed by atoms with E-state index in [0.29, 0.717) is 6.61 Å². The molecular formula is C14H16BrNOS. The van der Waals surface area contributed by atoms with E-state index < -0.39 is 0 Å². The zero-order valence-electron chi connectivity index (χ0n) is 10.4. The van der Waals surface area contributed by atoms with Crippen LogP contribution in [0.1, 0.15) is 29.0 Å². The predicted octanol–water partition coefficient (Wildman–Crippen LogP) is 4.27. The van der Waals surface area contributed by atoms with Gasteiger partial charge in [0.15, 0.2) is 0 Å². The van der Waals surface area contributed by atoms with Gasteiger partial charge in [-0.2, -0.15) is 0 Å². The quantitative estimate of drug-likeness (QED) is 0.911. The molecule has 0 saturated carbocycles. The van der Waals surface area contributed by atoms with Gasteiger partial charge < -0.3 is 10.5 Å². The van der Waals surface area contributed by atoms with Crippen LogP contribution in [0.15, 0.2) is 34.1 Å². The Morgan fingerprint density at radius 1 is 1.39 bits per heavy atom. The summed E-state index contributed by atoms with van der Waals surface area (Å²) in [6.45, 7) is 4.72. The molecule has 0 aliphatic rings. The van der Waals surface area contributed by atoms with E-state index in [1.165, 1.54) is 5.56 Å². The summed E-state index contributed by atoms with van der Waals surface area (Å²) in [6, 6.07) is 10.0. The van der Waals surface area contributed by atoms with Gasteiger partial charge in [-0.15, -0.1) is 11.3 Å². The standard InChI is InChI=1S/C14H16BrNOS/c1-3-17-11-6-4-5-10(8-11)13(16)12-7-9(2)14(15)18-12/h4-8,13H,3,16H2,1-2H3. The van der Waals surface area contributed by atoms with E-state index in [4.69, 9.17) is 10.5 Å². The number of benzene rings is 1. The van der Waals surface area contributed by atoms with Gasteiger partial charge in [0.2, 0.25) is 0 Å². The van der Waals surface area contributed by atoms with Crippen molar-refractivity contribution in [3.05, 3.63) is 50.1 Å². The van der Waals surface area contributed by atoms with Crippen molar-refractivity contribution >= 4 is 27.3 Å². The molecule has 1 unspecified atom stereocenters. The Hall–Kier alpha value is -0.840. The van der Waals surface area contributed by atoms with E-state index in [9.17, 15) is 0 Å². The van der Waals surface area contributed by atoms with Gasteiger partial charge >= 0.3 is 0 Å². The van der Waals surface area contributed by atoms with Crippen LogP contribution in [-0.4, -0.2) is 6.61 Å². The lowest BCUT2D eigenvalue weighted by Gasteiger charge is -2.11. The Bertz CT molecular complexity index is 519. The lowest BCUT2D eigenvalue weighted by Crippen LogP contribution is -2.10. The van der Waals surface area contributed by atoms with Gasteiger partial charge in [-0.3, -0.25) is 0 Å². The first-order valence-corrected chi connectivity index (χ1v) is 7.47. The molecular weight excluding hydrogens is 310 g/mol. The van der Waals surface area contributed by atoms with Crippen LogP contribution in [0.2, 0.25) is 0 Å². The molecule has 1 atom stereocenters. The molecule has 0 radical (unpaired) electrons. The van der Waals surface area contributed by atoms with Gasteiger partial charge in [0, 0.05) is 4.88 Å². The molecule has 1 aromatic heterocycles. The number of hydrogen-bond donors (Lipinski definition) is 1. The predicted molar refractivity (Wildman–Crippen MR) is 80.4 cm³/mol. The minimum absolute atomic E-state index is 0.0968. The van der Waals surface area contributed by atoms with Crippen molar-refractivity contribution in [3.63, 3.8) is 0 Å². The highest BCUT2D eigenvalue weighted by Crippen LogP contribution is 2.33. The first-order chi connectivity index (χ1) is 8.61. The van der Waals surface area contributed by atoms with E-state index in [0.717, 1.165) is 20.0 Å². The number of thiophene rings is 1. The van der Waals surface area contributed by atoms with Crippen molar-refractivity contribution in [3.8, 4) is 5.75 Å². The molecule has 2 rings (SSSR count). The van der Waals surface area contributed by atoms with Crippen LogP contribution in [0.5, 0.6) is 5.75 Å². The average Bonchev–Trinajstić information content (AvgIpc) is 2.69. The molecule has 96 valence electrons. The second-order valence-electron chi connectivity index (χ2n) is 4.09. The van der Waals surface area contributed by atoms with Gasteiger partial charge in [-0.05, 0) is 59.1 Å². The van der Waals surface area contributed by atoms with Crippen molar-refractivity contribution in [1.29, 1.82) is 0 Å². The fourth-order valence-electron chi connectivity index (χ4n) is 1.77. The third-order valence-electron chi connectivity index (χ3n) is 2.71. The molecule has 4 heteroatoms. The number of ether oxygens (including phenoxy) is 1. The van der Waals surface area contributed by atoms with Crippen molar-refractivity contribution < 1.29 is 4.74 Å². The van der Waals surface area contributed by atoms with E-state index >= 15 is 0 Å². The van der Waals surface area contributed by atoms with Gasteiger partial charge in [0.1, 0.15) is 5.75 Å². The molecule has 0 fully saturated rings. The smallest absolute Gasteiger partial charge is 0.119 e. The summed E-state index contributed by atoms with van der Waals surface area (Å²) in [5, 5.41) is 0. The largest absolute Gasteiger partial charge is 0.494 e. The van der Waals surface area contributed by atoms with E-state index in [1.54, 1.807) is 11.3 Å². The summed E-state index contributed by atoms with van der Waals surface area (Å²) in [4.78, 5) is 1.16. The van der Waals surface area contributed by atoms with Crippen molar-refractivity contribution in [1.82, 2.24) is 0 Å². The number of nitrogens with two attached hydrogens (primary N) is 1. The van der Waals surface area contributed by atoms with Crippen LogP contribution in [0.4, 0.5) is 0 Å². The van der Waals surface area contributed by atoms with E-state index in [-0.39, 0.29) is 6.04 Å². The SMILES string of the molecule is CCOc1cccc(C(N)c2cc(C)c(Br)s2)c1. The second kappa shape index (κ2) is 5.87. The Kier molecular flexibility index (Phi) is 4.43. The van der Waals surface area contributed by atoms with Gasteiger partial charge in [-0.1, -0.05) is 12.1 Å². The molecule has 1 aromatic carbocycles. The number of halogens is 1. The number of aryl methyl sites for hydroxylation is 1. The average molecular weight is 326 g/mol. The zero-order chi connectivity index (χ0) is 13.1. The number of hydrogen-bond acceptors (Lipinski definition) is 3. The molecule has 2 N–H and O–H groups in total. The van der Waals surface area contributed by atoms with E-state index in [2.05, 4.69) is 28.9 Å². The normalized spacial score (nSPS) is 12.4. The minimum Gasteiger partial charge on any atom is -0.494 e. The molecule has 0 amide bonds. The van der Waals surface area contributed by atoms with Gasteiger partial charge in [0.25, 0.3) is 0 Å². The highest BCUT2D eigenvalue weighted by atomic mass is 79.9. The summed E-state index contributed by atoms with van der Waals surface area (Å²) < 4.78 is 6.65. The first-order valence-electron chi connectivity index (χ1n) is 5.86. The third-order valence-corrected chi connectivity index (χ3v) is 4.93. The second-order valence-corrected chi connectivity index (χ2v) is 6.49. The topological polar surface area (TPSA) is 35.2 Å². The Labute approximate surface area is 120 Å². The molecule has 2 aromatic rings. The minimum atomic E-state index is -0.0968. The molecule has 0 saturated heterocycles. The Balaban J connectivity index is 2.27. The molecule has 0 bridgehead atoms. The molecule has 18 heavy (non-hydrogen) atoms. The summed E-state index contributed by atoms with van der Waals surface area (Å²) >= 11 is 5.22. The summed E-state index contributed by atoms with van der Waals surface area (Å²) in [5.41, 5.74) is 8.60. The van der Waals surface area contributed by atoms with Gasteiger partial charge in [0.05, 0.1) is 16.4 Å². The Morgan fingerprint density at radius 3 is 2.78 bits per heavy atom. The van der Waals surface area contributed by atoms with Gasteiger partial charge in [-0.25, -0.2) is 0 Å². The maximum Gasteiger partial charge on any atom is 0.119 e. The van der Waals surface area contributed by atoms with Crippen molar-refractivity contribution in [2.75, 3.05) is 6.61 Å². The monoisotopic (exact) mass is 325 g/mol. The van der Waals surface area contributed by atoms with Crippen molar-refractivity contribution in [2.24, 2.45) is 5.73 Å². The molecule has 0 aliphatic carbocycles. The highest BCUT2D eigenvalue weighted by molar-refractivity contribution is 9.11. The Morgan fingerprint density at radius 2 is 2.17 bits per heavy atom. The lowest BCUT2D eigenvalue weighted by atomic mass is 10.1. The van der Waals surface area contributed by atoms with Crippen LogP contribution < -0.4 is 10.5 Å². The van der Waals surface area contributed by atoms with Crippen LogP contribution in [-0.2, 0) is 0 Å². The van der Waals surface area contributed by atoms with Crippen molar-refractivity contribution in [2.45, 2.75) is 19.9 Å². The third kappa shape index (κ3) is 2.94. The van der Waals surface area contributed by atoms with E-state index in [1.807, 2.05) is 31.2 Å². The van der Waals surface area contributed by atoms with Crippen LogP contribution >= 0.6 is 27.3 Å². The van der Waals surface area contributed by atoms with Crippen LogP contribution in [0, 0.1) is 6.92 Å². The first kappa shape index (κ1) is 13.6. The lowest BCUT2D eigenvalue weighted by molar-refractivity contribution is 0.340. The number of rotatable bonds is 4. The molecule has 0 aliphatic heterocycles. The van der Waals surface area contributed by atoms with Crippen LogP contribution in [0.25, 0.3) is 0 Å². The highest BCUT2D eigenvalue weighted by Gasteiger charge is 2.13.